The summed E-state index contributed by atoms with van der Waals surface area (Å²) in [6.45, 7) is 0. The molecule has 3 nitrogen and oxygen atoms in total. The quantitative estimate of drug-likeness (QED) is 0.640. The van der Waals surface area contributed by atoms with Crippen LogP contribution in [0.1, 0.15) is 24.0 Å². The number of carbonyl (C=O) groups excluding carboxylic acids is 1. The third kappa shape index (κ3) is 2.39. The van der Waals surface area contributed by atoms with E-state index in [-0.39, 0.29) is 5.97 Å². The molecule has 2 rings (SSSR count). The van der Waals surface area contributed by atoms with Gasteiger partial charge in [0.25, 0.3) is 0 Å². The van der Waals surface area contributed by atoms with Gasteiger partial charge in [0.15, 0.2) is 0 Å². The van der Waals surface area contributed by atoms with E-state index in [4.69, 9.17) is 0 Å². The molecule has 0 radical (unpaired) electrons. The summed E-state index contributed by atoms with van der Waals surface area (Å²) in [6.07, 6.45) is 5.07. The standard InChI is InChI=1S/C14H16O3/c1-17-13(15)7-4-9-14(16)10-8-11-5-2-3-6-12(11)14/h2-7,16H,8-10H2,1H3. The lowest BCUT2D eigenvalue weighted by atomic mass is 9.92. The van der Waals surface area contributed by atoms with Crippen LogP contribution in [0.2, 0.25) is 0 Å². The van der Waals surface area contributed by atoms with Gasteiger partial charge < -0.3 is 9.84 Å². The number of aliphatic hydroxyl groups is 1. The molecule has 0 spiro atoms. The molecule has 0 aliphatic heterocycles. The molecule has 90 valence electrons. The highest BCUT2D eigenvalue weighted by molar-refractivity contribution is 5.81. The van der Waals surface area contributed by atoms with Crippen molar-refractivity contribution in [3.8, 4) is 0 Å². The van der Waals surface area contributed by atoms with Crippen LogP contribution in [0.4, 0.5) is 0 Å². The zero-order valence-corrected chi connectivity index (χ0v) is 9.85. The fourth-order valence-electron chi connectivity index (χ4n) is 2.30. The largest absolute Gasteiger partial charge is 0.466 e. The van der Waals surface area contributed by atoms with E-state index in [1.807, 2.05) is 24.3 Å². The Kier molecular flexibility index (Phi) is 3.29. The molecule has 1 atom stereocenters. The Bertz CT molecular complexity index is 451. The molecule has 0 heterocycles. The van der Waals surface area contributed by atoms with E-state index in [1.54, 1.807) is 6.08 Å². The number of hydrogen-bond donors (Lipinski definition) is 1. The van der Waals surface area contributed by atoms with Crippen LogP contribution in [0.3, 0.4) is 0 Å². The highest BCUT2D eigenvalue weighted by atomic mass is 16.5. The molecule has 1 unspecified atom stereocenters. The van der Waals surface area contributed by atoms with Crippen molar-refractivity contribution in [2.75, 3.05) is 7.11 Å². The third-order valence-corrected chi connectivity index (χ3v) is 3.24. The number of methoxy groups -OCH3 is 1. The van der Waals surface area contributed by atoms with Crippen molar-refractivity contribution in [1.82, 2.24) is 0 Å². The van der Waals surface area contributed by atoms with E-state index in [0.29, 0.717) is 12.8 Å². The van der Waals surface area contributed by atoms with Crippen molar-refractivity contribution >= 4 is 5.97 Å². The Morgan fingerprint density at radius 2 is 2.29 bits per heavy atom. The van der Waals surface area contributed by atoms with Gasteiger partial charge in [0, 0.05) is 6.08 Å². The smallest absolute Gasteiger partial charge is 0.330 e. The Balaban J connectivity index is 2.12. The molecule has 1 aromatic carbocycles. The zero-order chi connectivity index (χ0) is 12.3. The summed E-state index contributed by atoms with van der Waals surface area (Å²) in [7, 11) is 1.34. The summed E-state index contributed by atoms with van der Waals surface area (Å²) >= 11 is 0. The predicted octanol–water partition coefficient (Wildman–Crippen LogP) is 1.94. The van der Waals surface area contributed by atoms with Crippen LogP contribution in [-0.4, -0.2) is 18.2 Å². The fourth-order valence-corrected chi connectivity index (χ4v) is 2.30. The molecule has 0 aromatic heterocycles. The maximum absolute atomic E-state index is 10.9. The molecule has 1 aliphatic carbocycles. The molecule has 1 aliphatic rings. The lowest BCUT2D eigenvalue weighted by Crippen LogP contribution is -2.21. The third-order valence-electron chi connectivity index (χ3n) is 3.24. The molecule has 0 fully saturated rings. The number of esters is 1. The molecular formula is C14H16O3. The van der Waals surface area contributed by atoms with Gasteiger partial charge in [0.1, 0.15) is 0 Å². The van der Waals surface area contributed by atoms with E-state index in [9.17, 15) is 9.90 Å². The first-order chi connectivity index (χ1) is 8.15. The molecule has 17 heavy (non-hydrogen) atoms. The topological polar surface area (TPSA) is 46.5 Å². The first-order valence-corrected chi connectivity index (χ1v) is 5.71. The minimum atomic E-state index is -0.832. The molecule has 0 amide bonds. The normalized spacial score (nSPS) is 22.7. The van der Waals surface area contributed by atoms with Crippen LogP contribution >= 0.6 is 0 Å². The lowest BCUT2D eigenvalue weighted by Gasteiger charge is -2.22. The first kappa shape index (κ1) is 11.9. The molecule has 1 N–H and O–H groups in total. The number of benzene rings is 1. The van der Waals surface area contributed by atoms with Gasteiger partial charge in [0.2, 0.25) is 0 Å². The van der Waals surface area contributed by atoms with Gasteiger partial charge in [-0.2, -0.15) is 0 Å². The van der Waals surface area contributed by atoms with Crippen molar-refractivity contribution in [1.29, 1.82) is 0 Å². The second-order valence-corrected chi connectivity index (χ2v) is 4.32. The van der Waals surface area contributed by atoms with Gasteiger partial charge >= 0.3 is 5.97 Å². The minimum absolute atomic E-state index is 0.389. The summed E-state index contributed by atoms with van der Waals surface area (Å²) in [5, 5.41) is 10.5. The van der Waals surface area contributed by atoms with Gasteiger partial charge in [-0.15, -0.1) is 0 Å². The van der Waals surface area contributed by atoms with Crippen LogP contribution in [-0.2, 0) is 21.6 Å². The van der Waals surface area contributed by atoms with Gasteiger partial charge in [-0.1, -0.05) is 30.3 Å². The molecule has 0 saturated carbocycles. The molecule has 0 saturated heterocycles. The maximum Gasteiger partial charge on any atom is 0.330 e. The van der Waals surface area contributed by atoms with Gasteiger partial charge in [0.05, 0.1) is 12.7 Å². The van der Waals surface area contributed by atoms with E-state index in [0.717, 1.165) is 12.0 Å². The summed E-state index contributed by atoms with van der Waals surface area (Å²) in [4.78, 5) is 10.9. The molecule has 3 heteroatoms. The van der Waals surface area contributed by atoms with E-state index in [2.05, 4.69) is 4.74 Å². The van der Waals surface area contributed by atoms with Crippen LogP contribution in [0.25, 0.3) is 0 Å². The number of fused-ring (bicyclic) bond motifs is 1. The molecular weight excluding hydrogens is 216 g/mol. The van der Waals surface area contributed by atoms with Crippen molar-refractivity contribution in [3.05, 3.63) is 47.5 Å². The second-order valence-electron chi connectivity index (χ2n) is 4.32. The molecule has 1 aromatic rings. The average molecular weight is 232 g/mol. The summed E-state index contributed by atoms with van der Waals surface area (Å²) in [6, 6.07) is 7.90. The van der Waals surface area contributed by atoms with Crippen LogP contribution in [0.15, 0.2) is 36.4 Å². The van der Waals surface area contributed by atoms with Gasteiger partial charge in [-0.3, -0.25) is 0 Å². The first-order valence-electron chi connectivity index (χ1n) is 5.71. The number of hydrogen-bond acceptors (Lipinski definition) is 3. The van der Waals surface area contributed by atoms with Crippen LogP contribution < -0.4 is 0 Å². The van der Waals surface area contributed by atoms with E-state index >= 15 is 0 Å². The van der Waals surface area contributed by atoms with E-state index in [1.165, 1.54) is 18.7 Å². The molecule has 0 bridgehead atoms. The van der Waals surface area contributed by atoms with Crippen molar-refractivity contribution in [3.63, 3.8) is 0 Å². The van der Waals surface area contributed by atoms with Crippen molar-refractivity contribution < 1.29 is 14.6 Å². The predicted molar refractivity (Wildman–Crippen MR) is 64.4 cm³/mol. The monoisotopic (exact) mass is 232 g/mol. The number of carbonyl (C=O) groups is 1. The maximum atomic E-state index is 10.9. The summed E-state index contributed by atoms with van der Waals surface area (Å²) < 4.78 is 4.51. The van der Waals surface area contributed by atoms with Crippen molar-refractivity contribution in [2.45, 2.75) is 24.9 Å². The highest BCUT2D eigenvalue weighted by Crippen LogP contribution is 2.39. The highest BCUT2D eigenvalue weighted by Gasteiger charge is 2.34. The summed E-state index contributed by atoms with van der Waals surface area (Å²) in [5.74, 6) is -0.389. The minimum Gasteiger partial charge on any atom is -0.466 e. The number of ether oxygens (including phenoxy) is 1. The fraction of sp³-hybridized carbons (Fsp3) is 0.357. The second kappa shape index (κ2) is 4.72. The Hall–Kier alpha value is -1.61. The Morgan fingerprint density at radius 3 is 3.06 bits per heavy atom. The lowest BCUT2D eigenvalue weighted by molar-refractivity contribution is -0.134. The van der Waals surface area contributed by atoms with E-state index < -0.39 is 5.60 Å². The summed E-state index contributed by atoms with van der Waals surface area (Å²) in [5.41, 5.74) is 1.34. The number of rotatable bonds is 3. The SMILES string of the molecule is COC(=O)C=CCC1(O)CCc2ccccc21. The van der Waals surface area contributed by atoms with Crippen molar-refractivity contribution in [2.24, 2.45) is 0 Å². The Labute approximate surface area is 101 Å². The van der Waals surface area contributed by atoms with Crippen LogP contribution in [0, 0.1) is 0 Å². The zero-order valence-electron chi connectivity index (χ0n) is 9.85. The van der Waals surface area contributed by atoms with Crippen LogP contribution in [0.5, 0.6) is 0 Å². The van der Waals surface area contributed by atoms with Gasteiger partial charge in [-0.05, 0) is 30.4 Å². The number of aryl methyl sites for hydroxylation is 1. The van der Waals surface area contributed by atoms with Gasteiger partial charge in [-0.25, -0.2) is 4.79 Å². The average Bonchev–Trinajstić information content (AvgIpc) is 2.68. The Morgan fingerprint density at radius 1 is 1.53 bits per heavy atom.